The number of hydrogen-bond acceptors (Lipinski definition) is 5. The monoisotopic (exact) mass is 388 g/mol. The molecule has 2 N–H and O–H groups in total. The number of furan rings is 1. The van der Waals surface area contributed by atoms with Crippen molar-refractivity contribution in [3.8, 4) is 0 Å². The number of para-hydroxylation sites is 1. The Kier molecular flexibility index (Phi) is 4.78. The van der Waals surface area contributed by atoms with E-state index in [1.165, 1.54) is 12.3 Å². The Hall–Kier alpha value is -4.00. The topological polar surface area (TPSA) is 110 Å². The van der Waals surface area contributed by atoms with E-state index in [4.69, 9.17) is 4.42 Å². The number of benzene rings is 2. The van der Waals surface area contributed by atoms with E-state index in [0.29, 0.717) is 16.7 Å². The van der Waals surface area contributed by atoms with Crippen LogP contribution in [0.3, 0.4) is 0 Å². The van der Waals surface area contributed by atoms with Gasteiger partial charge in [0.15, 0.2) is 5.78 Å². The van der Waals surface area contributed by atoms with Crippen LogP contribution in [0.25, 0.3) is 21.9 Å². The lowest BCUT2D eigenvalue weighted by molar-refractivity contribution is -0.139. The first-order valence-electron chi connectivity index (χ1n) is 8.92. The van der Waals surface area contributed by atoms with E-state index >= 15 is 0 Å². The van der Waals surface area contributed by atoms with Gasteiger partial charge in [0, 0.05) is 29.0 Å². The van der Waals surface area contributed by atoms with Crippen LogP contribution in [-0.4, -0.2) is 33.8 Å². The zero-order valence-electron chi connectivity index (χ0n) is 15.2. The lowest BCUT2D eigenvalue weighted by Gasteiger charge is -2.13. The molecule has 7 heteroatoms. The number of pyridine rings is 1. The lowest BCUT2D eigenvalue weighted by Crippen LogP contribution is -2.42. The quantitative estimate of drug-likeness (QED) is 0.490. The van der Waals surface area contributed by atoms with Gasteiger partial charge in [-0.2, -0.15) is 0 Å². The minimum absolute atomic E-state index is 0.0810. The maximum Gasteiger partial charge on any atom is 0.326 e. The highest BCUT2D eigenvalue weighted by Gasteiger charge is 2.25. The summed E-state index contributed by atoms with van der Waals surface area (Å²) in [6.45, 7) is 0. The van der Waals surface area contributed by atoms with E-state index < -0.39 is 23.7 Å². The number of aromatic nitrogens is 1. The second-order valence-corrected chi connectivity index (χ2v) is 6.52. The summed E-state index contributed by atoms with van der Waals surface area (Å²) in [7, 11) is 0. The number of fused-ring (bicyclic) bond motifs is 3. The third kappa shape index (κ3) is 3.70. The molecule has 0 saturated carbocycles. The van der Waals surface area contributed by atoms with Gasteiger partial charge in [-0.25, -0.2) is 4.79 Å². The van der Waals surface area contributed by atoms with Crippen molar-refractivity contribution in [1.82, 2.24) is 10.3 Å². The van der Waals surface area contributed by atoms with Gasteiger partial charge >= 0.3 is 5.97 Å². The van der Waals surface area contributed by atoms with Crippen LogP contribution in [0.4, 0.5) is 0 Å². The van der Waals surface area contributed by atoms with E-state index in [0.717, 1.165) is 10.8 Å². The number of Topliss-reactive ketones (excluding diaryl/α,β-unsaturated/α-hetero) is 1. The molecule has 4 aromatic rings. The summed E-state index contributed by atoms with van der Waals surface area (Å²) in [5.41, 5.74) is 1.78. The Labute approximate surface area is 165 Å². The van der Waals surface area contributed by atoms with Gasteiger partial charge in [-0.1, -0.05) is 24.3 Å². The number of amides is 1. The standard InChI is InChI=1S/C22H16N2O5/c25-18(12-17(22(27)28)24-21(26)16-6-3-4-10-23-16)13-8-9-20-15(11-13)14-5-1-2-7-19(14)29-20/h1-11,17H,12H2,(H,24,26)(H,27,28). The number of hydrogen-bond donors (Lipinski definition) is 2. The van der Waals surface area contributed by atoms with E-state index in [1.54, 1.807) is 30.3 Å². The molecular weight excluding hydrogens is 372 g/mol. The highest BCUT2D eigenvalue weighted by atomic mass is 16.4. The van der Waals surface area contributed by atoms with Gasteiger partial charge in [0.25, 0.3) is 5.91 Å². The molecule has 0 saturated heterocycles. The smallest absolute Gasteiger partial charge is 0.326 e. The Morgan fingerprint density at radius 2 is 1.72 bits per heavy atom. The van der Waals surface area contributed by atoms with Gasteiger partial charge in [0.05, 0.1) is 0 Å². The van der Waals surface area contributed by atoms with Crippen molar-refractivity contribution in [1.29, 1.82) is 0 Å². The number of ketones is 1. The number of carboxylic acids is 1. The zero-order chi connectivity index (χ0) is 20.4. The summed E-state index contributed by atoms with van der Waals surface area (Å²) in [5.74, 6) is -2.34. The van der Waals surface area contributed by atoms with E-state index in [9.17, 15) is 19.5 Å². The molecule has 144 valence electrons. The number of aliphatic carboxylic acids is 1. The summed E-state index contributed by atoms with van der Waals surface area (Å²) >= 11 is 0. The van der Waals surface area contributed by atoms with E-state index in [2.05, 4.69) is 10.3 Å². The first-order chi connectivity index (χ1) is 14.0. The van der Waals surface area contributed by atoms with Crippen LogP contribution in [0.15, 0.2) is 71.3 Å². The summed E-state index contributed by atoms with van der Waals surface area (Å²) in [6.07, 6.45) is 1.05. The average molecular weight is 388 g/mol. The number of carbonyl (C=O) groups excluding carboxylic acids is 2. The molecule has 0 aliphatic rings. The predicted octanol–water partition coefficient (Wildman–Crippen LogP) is 3.44. The molecule has 0 bridgehead atoms. The van der Waals surface area contributed by atoms with Crippen molar-refractivity contribution in [3.63, 3.8) is 0 Å². The Bertz CT molecular complexity index is 1230. The van der Waals surface area contributed by atoms with E-state index in [-0.39, 0.29) is 12.1 Å². The number of rotatable bonds is 6. The average Bonchev–Trinajstić information content (AvgIpc) is 3.11. The molecule has 1 unspecified atom stereocenters. The fraction of sp³-hybridized carbons (Fsp3) is 0.0909. The van der Waals surface area contributed by atoms with E-state index in [1.807, 2.05) is 24.3 Å². The minimum Gasteiger partial charge on any atom is -0.480 e. The first kappa shape index (κ1) is 18.4. The van der Waals surface area contributed by atoms with Gasteiger partial charge in [0.2, 0.25) is 0 Å². The first-order valence-corrected chi connectivity index (χ1v) is 8.92. The molecule has 29 heavy (non-hydrogen) atoms. The molecule has 4 rings (SSSR count). The zero-order valence-corrected chi connectivity index (χ0v) is 15.2. The van der Waals surface area contributed by atoms with Crippen molar-refractivity contribution in [3.05, 3.63) is 78.1 Å². The Balaban J connectivity index is 1.57. The highest BCUT2D eigenvalue weighted by molar-refractivity contribution is 6.09. The Morgan fingerprint density at radius 1 is 0.966 bits per heavy atom. The molecule has 0 spiro atoms. The molecule has 0 aliphatic carbocycles. The van der Waals surface area contributed by atoms with Crippen molar-refractivity contribution < 1.29 is 23.9 Å². The highest BCUT2D eigenvalue weighted by Crippen LogP contribution is 2.29. The summed E-state index contributed by atoms with van der Waals surface area (Å²) < 4.78 is 5.74. The third-order valence-corrected chi connectivity index (χ3v) is 4.59. The van der Waals surface area contributed by atoms with Crippen LogP contribution in [0.1, 0.15) is 27.3 Å². The number of carbonyl (C=O) groups is 3. The maximum absolute atomic E-state index is 12.7. The van der Waals surface area contributed by atoms with Gasteiger partial charge < -0.3 is 14.8 Å². The normalized spacial score (nSPS) is 12.0. The number of nitrogens with one attached hydrogen (secondary N) is 1. The molecule has 1 amide bonds. The third-order valence-electron chi connectivity index (χ3n) is 4.59. The van der Waals surface area contributed by atoms with Crippen molar-refractivity contribution in [2.24, 2.45) is 0 Å². The second kappa shape index (κ2) is 7.55. The maximum atomic E-state index is 12.7. The van der Waals surface area contributed by atoms with Crippen LogP contribution in [0.2, 0.25) is 0 Å². The summed E-state index contributed by atoms with van der Waals surface area (Å²) in [5, 5.41) is 13.4. The molecule has 0 fully saturated rings. The molecule has 0 radical (unpaired) electrons. The largest absolute Gasteiger partial charge is 0.480 e. The predicted molar refractivity (Wildman–Crippen MR) is 106 cm³/mol. The fourth-order valence-corrected chi connectivity index (χ4v) is 3.13. The van der Waals surface area contributed by atoms with Crippen LogP contribution in [0, 0.1) is 0 Å². The lowest BCUT2D eigenvalue weighted by atomic mass is 10.0. The molecule has 2 aromatic carbocycles. The van der Waals surface area contributed by atoms with Crippen LogP contribution >= 0.6 is 0 Å². The Morgan fingerprint density at radius 3 is 2.48 bits per heavy atom. The molecule has 1 atom stereocenters. The van der Waals surface area contributed by atoms with Crippen molar-refractivity contribution in [2.75, 3.05) is 0 Å². The second-order valence-electron chi connectivity index (χ2n) is 6.52. The van der Waals surface area contributed by atoms with Crippen LogP contribution in [-0.2, 0) is 4.79 Å². The molecule has 2 aromatic heterocycles. The number of carboxylic acid groups (broad SMARTS) is 1. The molecule has 2 heterocycles. The SMILES string of the molecule is O=C(CC(NC(=O)c1ccccn1)C(=O)O)c1ccc2oc3ccccc3c2c1. The summed E-state index contributed by atoms with van der Waals surface area (Å²) in [6, 6.07) is 15.8. The summed E-state index contributed by atoms with van der Waals surface area (Å²) in [4.78, 5) is 40.4. The van der Waals surface area contributed by atoms with Crippen molar-refractivity contribution in [2.45, 2.75) is 12.5 Å². The minimum atomic E-state index is -1.37. The molecule has 0 aliphatic heterocycles. The van der Waals surface area contributed by atoms with Crippen LogP contribution in [0.5, 0.6) is 0 Å². The van der Waals surface area contributed by atoms with Gasteiger partial charge in [0.1, 0.15) is 22.9 Å². The molecule has 7 nitrogen and oxygen atoms in total. The van der Waals surface area contributed by atoms with Gasteiger partial charge in [-0.15, -0.1) is 0 Å². The van der Waals surface area contributed by atoms with Gasteiger partial charge in [-0.3, -0.25) is 14.6 Å². The van der Waals surface area contributed by atoms with Crippen LogP contribution < -0.4 is 5.32 Å². The fourth-order valence-electron chi connectivity index (χ4n) is 3.13. The number of nitrogens with zero attached hydrogens (tertiary/aromatic N) is 1. The van der Waals surface area contributed by atoms with Gasteiger partial charge in [-0.05, 0) is 36.4 Å². The molecular formula is C22H16N2O5. The van der Waals surface area contributed by atoms with Crippen molar-refractivity contribution >= 4 is 39.6 Å².